The van der Waals surface area contributed by atoms with Crippen molar-refractivity contribution in [2.45, 2.75) is 4.90 Å². The summed E-state index contributed by atoms with van der Waals surface area (Å²) in [5.74, 6) is 0.759. The van der Waals surface area contributed by atoms with E-state index in [1.807, 2.05) is 71.8 Å². The van der Waals surface area contributed by atoms with Gasteiger partial charge in [-0.3, -0.25) is 9.59 Å². The summed E-state index contributed by atoms with van der Waals surface area (Å²) >= 11 is 1.54. The smallest absolute Gasteiger partial charge is 0.255 e. The number of para-hydroxylation sites is 1. The molecule has 6 rings (SSSR count). The number of hydrogen-bond acceptors (Lipinski definition) is 4. The van der Waals surface area contributed by atoms with Crippen LogP contribution in [0.4, 0.5) is 17.1 Å². The molecule has 4 aromatic rings. The Morgan fingerprint density at radius 1 is 1.03 bits per heavy atom. The molecule has 2 aliphatic heterocycles. The van der Waals surface area contributed by atoms with Crippen LogP contribution >= 0.6 is 11.8 Å². The number of thioether (sulfide) groups is 1. The number of rotatable bonds is 5. The first-order valence-corrected chi connectivity index (χ1v) is 12.4. The zero-order chi connectivity index (χ0) is 23.1. The minimum atomic E-state index is -0.185. The minimum Gasteiger partial charge on any atom is -0.371 e. The number of amides is 2. The van der Waals surface area contributed by atoms with E-state index in [9.17, 15) is 9.59 Å². The van der Waals surface area contributed by atoms with Crippen LogP contribution < -0.4 is 15.1 Å². The zero-order valence-electron chi connectivity index (χ0n) is 18.5. The maximum Gasteiger partial charge on any atom is 0.255 e. The molecule has 6 nitrogen and oxygen atoms in total. The lowest BCUT2D eigenvalue weighted by atomic mass is 9.98. The van der Waals surface area contributed by atoms with Gasteiger partial charge in [0.15, 0.2) is 0 Å². The van der Waals surface area contributed by atoms with Gasteiger partial charge < -0.3 is 20.1 Å². The van der Waals surface area contributed by atoms with E-state index in [4.69, 9.17) is 0 Å². The first-order chi connectivity index (χ1) is 16.6. The van der Waals surface area contributed by atoms with E-state index in [0.717, 1.165) is 40.3 Å². The third-order valence-electron chi connectivity index (χ3n) is 6.50. The molecule has 0 unspecified atom stereocenters. The van der Waals surface area contributed by atoms with Crippen molar-refractivity contribution < 1.29 is 9.59 Å². The van der Waals surface area contributed by atoms with Gasteiger partial charge in [-0.25, -0.2) is 0 Å². The third-order valence-corrected chi connectivity index (χ3v) is 7.54. The quantitative estimate of drug-likeness (QED) is 0.433. The van der Waals surface area contributed by atoms with E-state index in [1.54, 1.807) is 11.8 Å². The Labute approximate surface area is 201 Å². The molecule has 1 fully saturated rings. The number of benzene rings is 3. The first kappa shape index (κ1) is 20.9. The summed E-state index contributed by atoms with van der Waals surface area (Å²) in [6.07, 6.45) is 1.88. The highest BCUT2D eigenvalue weighted by atomic mass is 32.2. The molecule has 0 saturated carbocycles. The molecule has 0 radical (unpaired) electrons. The number of anilines is 3. The number of fused-ring (bicyclic) bond motifs is 2. The molecule has 3 heterocycles. The standard InChI is InChI=1S/C27H24N4O2S/c32-26-17-34-25-9-7-20(27(33)29-21-8-6-19-10-11-28-23(19)13-21)12-24(25)31(26)16-18-14-30(15-18)22-4-2-1-3-5-22/h1-13,18,28H,14-17H2,(H,29,33). The lowest BCUT2D eigenvalue weighted by molar-refractivity contribution is -0.116. The van der Waals surface area contributed by atoms with Gasteiger partial charge in [-0.05, 0) is 53.9 Å². The Balaban J connectivity index is 1.18. The van der Waals surface area contributed by atoms with Crippen LogP contribution in [0.1, 0.15) is 10.4 Å². The van der Waals surface area contributed by atoms with Gasteiger partial charge in [0, 0.05) is 59.1 Å². The fraction of sp³-hybridized carbons (Fsp3) is 0.185. The van der Waals surface area contributed by atoms with Gasteiger partial charge in [0.05, 0.1) is 11.4 Å². The minimum absolute atomic E-state index is 0.102. The summed E-state index contributed by atoms with van der Waals surface area (Å²) in [6, 6.07) is 23.8. The van der Waals surface area contributed by atoms with Crippen LogP contribution in [0.25, 0.3) is 10.9 Å². The van der Waals surface area contributed by atoms with Crippen LogP contribution in [0.5, 0.6) is 0 Å². The number of carbonyl (C=O) groups excluding carboxylic acids is 2. The van der Waals surface area contributed by atoms with Crippen molar-refractivity contribution in [1.29, 1.82) is 0 Å². The fourth-order valence-electron chi connectivity index (χ4n) is 4.67. The molecular formula is C27H24N4O2S. The number of hydrogen-bond donors (Lipinski definition) is 2. The van der Waals surface area contributed by atoms with E-state index in [1.165, 1.54) is 5.69 Å². The second-order valence-corrected chi connectivity index (χ2v) is 9.83. The van der Waals surface area contributed by atoms with Crippen molar-refractivity contribution in [3.63, 3.8) is 0 Å². The van der Waals surface area contributed by atoms with E-state index in [2.05, 4.69) is 27.3 Å². The van der Waals surface area contributed by atoms with Crippen LogP contribution in [0.3, 0.4) is 0 Å². The first-order valence-electron chi connectivity index (χ1n) is 11.4. The van der Waals surface area contributed by atoms with Crippen LogP contribution in [0, 0.1) is 5.92 Å². The molecule has 0 spiro atoms. The average Bonchev–Trinajstić information content (AvgIpc) is 3.30. The van der Waals surface area contributed by atoms with E-state index in [0.29, 0.717) is 23.8 Å². The highest BCUT2D eigenvalue weighted by molar-refractivity contribution is 8.00. The molecule has 2 amide bonds. The Hall–Kier alpha value is -3.71. The van der Waals surface area contributed by atoms with Crippen molar-refractivity contribution in [3.05, 3.63) is 84.6 Å². The number of H-pyrrole nitrogens is 1. The van der Waals surface area contributed by atoms with Crippen LogP contribution in [-0.4, -0.2) is 42.2 Å². The topological polar surface area (TPSA) is 68.4 Å². The molecule has 0 bridgehead atoms. The monoisotopic (exact) mass is 468 g/mol. The summed E-state index contributed by atoms with van der Waals surface area (Å²) in [4.78, 5) is 34.3. The van der Waals surface area contributed by atoms with Gasteiger partial charge in [0.1, 0.15) is 0 Å². The Morgan fingerprint density at radius 2 is 1.88 bits per heavy atom. The summed E-state index contributed by atoms with van der Waals surface area (Å²) in [5.41, 5.74) is 4.31. The summed E-state index contributed by atoms with van der Waals surface area (Å²) in [6.45, 7) is 2.53. The van der Waals surface area contributed by atoms with Gasteiger partial charge >= 0.3 is 0 Å². The molecule has 7 heteroatoms. The number of nitrogens with zero attached hydrogens (tertiary/aromatic N) is 2. The van der Waals surface area contributed by atoms with Crippen LogP contribution in [0.15, 0.2) is 83.9 Å². The summed E-state index contributed by atoms with van der Waals surface area (Å²) < 4.78 is 0. The normalized spacial score (nSPS) is 15.8. The molecule has 170 valence electrons. The molecule has 0 atom stereocenters. The molecular weight excluding hydrogens is 444 g/mol. The third kappa shape index (κ3) is 3.92. The summed E-state index contributed by atoms with van der Waals surface area (Å²) in [7, 11) is 0. The highest BCUT2D eigenvalue weighted by Crippen LogP contribution is 2.37. The van der Waals surface area contributed by atoms with Crippen molar-refractivity contribution in [3.8, 4) is 0 Å². The molecule has 3 aromatic carbocycles. The molecule has 1 aromatic heterocycles. The maximum absolute atomic E-state index is 13.0. The number of aromatic amines is 1. The lowest BCUT2D eigenvalue weighted by Gasteiger charge is -2.44. The second kappa shape index (κ2) is 8.57. The van der Waals surface area contributed by atoms with E-state index >= 15 is 0 Å². The number of nitrogens with one attached hydrogen (secondary N) is 2. The average molecular weight is 469 g/mol. The number of aromatic nitrogens is 1. The zero-order valence-corrected chi connectivity index (χ0v) is 19.3. The maximum atomic E-state index is 13.0. The van der Waals surface area contributed by atoms with Crippen molar-refractivity contribution in [1.82, 2.24) is 4.98 Å². The SMILES string of the molecule is O=C(Nc1ccc2cc[nH]c2c1)c1ccc2c(c1)N(CC1CN(c3ccccc3)C1)C(=O)CS2. The largest absolute Gasteiger partial charge is 0.371 e. The van der Waals surface area contributed by atoms with Crippen LogP contribution in [-0.2, 0) is 4.79 Å². The van der Waals surface area contributed by atoms with Crippen molar-refractivity contribution >= 4 is 51.5 Å². The number of carbonyl (C=O) groups is 2. The predicted molar refractivity (Wildman–Crippen MR) is 138 cm³/mol. The molecule has 0 aliphatic carbocycles. The van der Waals surface area contributed by atoms with E-state index < -0.39 is 0 Å². The van der Waals surface area contributed by atoms with Gasteiger partial charge in [-0.2, -0.15) is 0 Å². The van der Waals surface area contributed by atoms with Crippen molar-refractivity contribution in [2.75, 3.05) is 40.5 Å². The lowest BCUT2D eigenvalue weighted by Crippen LogP contribution is -2.53. The molecule has 2 N–H and O–H groups in total. The molecule has 1 saturated heterocycles. The fourth-order valence-corrected chi connectivity index (χ4v) is 5.58. The second-order valence-electron chi connectivity index (χ2n) is 8.82. The highest BCUT2D eigenvalue weighted by Gasteiger charge is 2.33. The molecule has 2 aliphatic rings. The van der Waals surface area contributed by atoms with Gasteiger partial charge in [0.25, 0.3) is 5.91 Å². The predicted octanol–water partition coefficient (Wildman–Crippen LogP) is 5.00. The van der Waals surface area contributed by atoms with Gasteiger partial charge in [0.2, 0.25) is 5.91 Å². The Kier molecular flexibility index (Phi) is 5.26. The molecule has 34 heavy (non-hydrogen) atoms. The van der Waals surface area contributed by atoms with Crippen molar-refractivity contribution in [2.24, 2.45) is 5.92 Å². The van der Waals surface area contributed by atoms with Gasteiger partial charge in [-0.1, -0.05) is 24.3 Å². The Morgan fingerprint density at radius 3 is 2.74 bits per heavy atom. The van der Waals surface area contributed by atoms with E-state index in [-0.39, 0.29) is 11.8 Å². The van der Waals surface area contributed by atoms with Crippen LogP contribution in [0.2, 0.25) is 0 Å². The van der Waals surface area contributed by atoms with Gasteiger partial charge in [-0.15, -0.1) is 11.8 Å². The Bertz CT molecular complexity index is 1380. The summed E-state index contributed by atoms with van der Waals surface area (Å²) in [5, 5.41) is 4.08.